The number of nitrogens with one attached hydrogen (secondary N) is 1. The van der Waals surface area contributed by atoms with Crippen LogP contribution >= 0.6 is 23.2 Å². The van der Waals surface area contributed by atoms with Crippen molar-refractivity contribution < 1.29 is 18.0 Å². The lowest BCUT2D eigenvalue weighted by atomic mass is 10.1. The average molecular weight is 500 g/mol. The molecule has 0 spiro atoms. The first-order valence-electron chi connectivity index (χ1n) is 9.99. The number of benzene rings is 2. The molecule has 0 unspecified atom stereocenters. The number of hydrogen-bond donors (Lipinski definition) is 1. The topological polar surface area (TPSA) is 86.8 Å². The van der Waals surface area contributed by atoms with Crippen LogP contribution in [0.2, 0.25) is 10.0 Å². The van der Waals surface area contributed by atoms with Crippen LogP contribution in [0.4, 0.5) is 0 Å². The number of hydrogen-bond acceptors (Lipinski definition) is 4. The van der Waals surface area contributed by atoms with E-state index in [1.54, 1.807) is 37.3 Å². The summed E-state index contributed by atoms with van der Waals surface area (Å²) in [7, 11) is -1.06. The van der Waals surface area contributed by atoms with Crippen molar-refractivity contribution in [1.29, 1.82) is 0 Å². The van der Waals surface area contributed by atoms with Gasteiger partial charge in [0.15, 0.2) is 0 Å². The molecule has 2 rings (SSSR count). The summed E-state index contributed by atoms with van der Waals surface area (Å²) in [5, 5.41) is 3.25. The van der Waals surface area contributed by atoms with Crippen molar-refractivity contribution >= 4 is 45.0 Å². The molecule has 0 radical (unpaired) electrons. The van der Waals surface area contributed by atoms with Gasteiger partial charge in [-0.25, -0.2) is 8.42 Å². The second-order valence-electron chi connectivity index (χ2n) is 7.38. The summed E-state index contributed by atoms with van der Waals surface area (Å²) < 4.78 is 26.8. The molecule has 0 saturated carbocycles. The number of nitrogens with zero attached hydrogens (tertiary/aromatic N) is 2. The molecule has 2 amide bonds. The molecule has 32 heavy (non-hydrogen) atoms. The molecule has 174 valence electrons. The Morgan fingerprint density at radius 1 is 1.06 bits per heavy atom. The molecule has 0 aliphatic heterocycles. The highest BCUT2D eigenvalue weighted by Crippen LogP contribution is 2.24. The van der Waals surface area contributed by atoms with E-state index in [1.807, 2.05) is 6.92 Å². The fraction of sp³-hybridized carbons (Fsp3) is 0.364. The highest BCUT2D eigenvalue weighted by atomic mass is 35.5. The van der Waals surface area contributed by atoms with Gasteiger partial charge < -0.3 is 10.2 Å². The third-order valence-corrected chi connectivity index (χ3v) is 7.61. The summed E-state index contributed by atoms with van der Waals surface area (Å²) in [5.74, 6) is -0.852. The Bertz CT molecular complexity index is 1080. The first kappa shape index (κ1) is 26.1. The van der Waals surface area contributed by atoms with Gasteiger partial charge in [-0.3, -0.25) is 9.59 Å². The number of carbonyl (C=O) groups excluding carboxylic acids is 2. The van der Waals surface area contributed by atoms with Crippen LogP contribution in [-0.4, -0.2) is 56.1 Å². The number of sulfonamides is 1. The van der Waals surface area contributed by atoms with E-state index in [1.165, 1.54) is 31.1 Å². The second kappa shape index (κ2) is 11.1. The van der Waals surface area contributed by atoms with Gasteiger partial charge in [0.1, 0.15) is 6.04 Å². The SMILES string of the molecule is CC[C@@H](C(=O)NC)N(Cc1ccc(Cl)c(Cl)c1)C(=O)CN(C)S(=O)(=O)c1ccc(C)cc1. The maximum atomic E-state index is 13.2. The summed E-state index contributed by atoms with van der Waals surface area (Å²) >= 11 is 12.1. The predicted octanol–water partition coefficient (Wildman–Crippen LogP) is 3.48. The molecule has 1 N–H and O–H groups in total. The van der Waals surface area contributed by atoms with E-state index in [2.05, 4.69) is 5.32 Å². The standard InChI is InChI=1S/C22H27Cl2N3O4S/c1-5-20(22(29)25-3)27(13-16-8-11-18(23)19(24)12-16)21(28)14-26(4)32(30,31)17-9-6-15(2)7-10-17/h6-12,20H,5,13-14H2,1-4H3,(H,25,29)/t20-/m0/s1. The lowest BCUT2D eigenvalue weighted by Gasteiger charge is -2.31. The fourth-order valence-electron chi connectivity index (χ4n) is 3.18. The van der Waals surface area contributed by atoms with Gasteiger partial charge in [-0.05, 0) is 43.2 Å². The van der Waals surface area contributed by atoms with Gasteiger partial charge in [-0.1, -0.05) is 53.9 Å². The Labute approximate surface area is 199 Å². The molecular weight excluding hydrogens is 473 g/mol. The second-order valence-corrected chi connectivity index (χ2v) is 10.2. The molecule has 0 fully saturated rings. The molecule has 10 heteroatoms. The molecule has 0 saturated heterocycles. The summed E-state index contributed by atoms with van der Waals surface area (Å²) in [5.41, 5.74) is 1.59. The number of aryl methyl sites for hydroxylation is 1. The Hall–Kier alpha value is -2.13. The Morgan fingerprint density at radius 2 is 1.69 bits per heavy atom. The molecule has 0 aliphatic carbocycles. The molecule has 2 aromatic rings. The smallest absolute Gasteiger partial charge is 0.243 e. The minimum absolute atomic E-state index is 0.0695. The maximum Gasteiger partial charge on any atom is 0.243 e. The largest absolute Gasteiger partial charge is 0.357 e. The number of rotatable bonds is 9. The van der Waals surface area contributed by atoms with Gasteiger partial charge in [0.25, 0.3) is 0 Å². The zero-order chi connectivity index (χ0) is 24.1. The first-order valence-corrected chi connectivity index (χ1v) is 12.2. The molecule has 7 nitrogen and oxygen atoms in total. The number of likely N-dealkylation sites (N-methyl/N-ethyl adjacent to an activating group) is 2. The van der Waals surface area contributed by atoms with E-state index in [0.717, 1.165) is 9.87 Å². The molecule has 0 aromatic heterocycles. The van der Waals surface area contributed by atoms with Crippen LogP contribution in [0.15, 0.2) is 47.4 Å². The lowest BCUT2D eigenvalue weighted by molar-refractivity contribution is -0.141. The Kier molecular flexibility index (Phi) is 9.09. The van der Waals surface area contributed by atoms with Gasteiger partial charge in [-0.15, -0.1) is 0 Å². The Morgan fingerprint density at radius 3 is 2.22 bits per heavy atom. The number of halogens is 2. The van der Waals surface area contributed by atoms with E-state index < -0.39 is 28.5 Å². The van der Waals surface area contributed by atoms with Crippen molar-refractivity contribution in [3.05, 3.63) is 63.6 Å². The van der Waals surface area contributed by atoms with E-state index in [4.69, 9.17) is 23.2 Å². The molecule has 1 atom stereocenters. The van der Waals surface area contributed by atoms with Crippen molar-refractivity contribution in [2.75, 3.05) is 20.6 Å². The van der Waals surface area contributed by atoms with Gasteiger partial charge in [0.2, 0.25) is 21.8 Å². The monoisotopic (exact) mass is 499 g/mol. The third kappa shape index (κ3) is 6.22. The van der Waals surface area contributed by atoms with Crippen molar-refractivity contribution in [2.24, 2.45) is 0 Å². The highest BCUT2D eigenvalue weighted by molar-refractivity contribution is 7.89. The van der Waals surface area contributed by atoms with Gasteiger partial charge in [0.05, 0.1) is 21.5 Å². The van der Waals surface area contributed by atoms with Crippen LogP contribution in [0.5, 0.6) is 0 Å². The average Bonchev–Trinajstić information content (AvgIpc) is 2.75. The maximum absolute atomic E-state index is 13.2. The van der Waals surface area contributed by atoms with Gasteiger partial charge in [0, 0.05) is 20.6 Å². The van der Waals surface area contributed by atoms with Crippen LogP contribution in [0.25, 0.3) is 0 Å². The van der Waals surface area contributed by atoms with Gasteiger partial charge in [-0.2, -0.15) is 4.31 Å². The van der Waals surface area contributed by atoms with E-state index in [0.29, 0.717) is 22.0 Å². The quantitative estimate of drug-likeness (QED) is 0.571. The van der Waals surface area contributed by atoms with Gasteiger partial charge >= 0.3 is 0 Å². The van der Waals surface area contributed by atoms with Crippen LogP contribution in [-0.2, 0) is 26.2 Å². The lowest BCUT2D eigenvalue weighted by Crippen LogP contribution is -2.51. The normalized spacial score (nSPS) is 12.5. The molecular formula is C22H27Cl2N3O4S. The molecule has 0 bridgehead atoms. The van der Waals surface area contributed by atoms with Crippen LogP contribution < -0.4 is 5.32 Å². The van der Waals surface area contributed by atoms with Crippen molar-refractivity contribution in [1.82, 2.24) is 14.5 Å². The van der Waals surface area contributed by atoms with Crippen LogP contribution in [0.3, 0.4) is 0 Å². The van der Waals surface area contributed by atoms with E-state index in [9.17, 15) is 18.0 Å². The molecule has 0 heterocycles. The van der Waals surface area contributed by atoms with E-state index in [-0.39, 0.29) is 17.3 Å². The minimum atomic E-state index is -3.88. The zero-order valence-corrected chi connectivity index (χ0v) is 20.8. The van der Waals surface area contributed by atoms with Crippen molar-refractivity contribution in [2.45, 2.75) is 37.8 Å². The van der Waals surface area contributed by atoms with Crippen molar-refractivity contribution in [3.63, 3.8) is 0 Å². The number of amides is 2. The summed E-state index contributed by atoms with van der Waals surface area (Å²) in [6, 6.07) is 10.5. The zero-order valence-electron chi connectivity index (χ0n) is 18.4. The fourth-order valence-corrected chi connectivity index (χ4v) is 4.62. The summed E-state index contributed by atoms with van der Waals surface area (Å²) in [6.07, 6.45) is 0.348. The molecule has 2 aromatic carbocycles. The summed E-state index contributed by atoms with van der Waals surface area (Å²) in [4.78, 5) is 27.1. The van der Waals surface area contributed by atoms with Crippen molar-refractivity contribution in [3.8, 4) is 0 Å². The van der Waals surface area contributed by atoms with E-state index >= 15 is 0 Å². The highest BCUT2D eigenvalue weighted by Gasteiger charge is 2.31. The first-order chi connectivity index (χ1) is 15.0. The minimum Gasteiger partial charge on any atom is -0.357 e. The summed E-state index contributed by atoms with van der Waals surface area (Å²) in [6.45, 7) is 3.28. The number of carbonyl (C=O) groups is 2. The molecule has 0 aliphatic rings. The van der Waals surface area contributed by atoms with Crippen LogP contribution in [0, 0.1) is 6.92 Å². The predicted molar refractivity (Wildman–Crippen MR) is 126 cm³/mol. The third-order valence-electron chi connectivity index (χ3n) is 5.06. The Balaban J connectivity index is 2.32. The van der Waals surface area contributed by atoms with Crippen LogP contribution in [0.1, 0.15) is 24.5 Å².